The van der Waals surface area contributed by atoms with Gasteiger partial charge in [-0.25, -0.2) is 0 Å². The van der Waals surface area contributed by atoms with Crippen LogP contribution in [0.2, 0.25) is 20.1 Å². The van der Waals surface area contributed by atoms with Crippen LogP contribution in [0.15, 0.2) is 103 Å². The minimum Gasteiger partial charge on any atom is -0.354 e. The van der Waals surface area contributed by atoms with Crippen LogP contribution in [-0.4, -0.2) is 165 Å². The van der Waals surface area contributed by atoms with Gasteiger partial charge in [-0.3, -0.25) is 38.8 Å². The van der Waals surface area contributed by atoms with Gasteiger partial charge in [0.1, 0.15) is 0 Å². The third-order valence-electron chi connectivity index (χ3n) is 27.7. The minimum atomic E-state index is -0.0197. The van der Waals surface area contributed by atoms with Crippen molar-refractivity contribution in [2.24, 2.45) is 23.7 Å². The first kappa shape index (κ1) is 78.0. The lowest BCUT2D eigenvalue weighted by molar-refractivity contribution is -0.127. The quantitative estimate of drug-likeness (QED) is 0.0741. The second-order valence-electron chi connectivity index (χ2n) is 34.3. The summed E-state index contributed by atoms with van der Waals surface area (Å²) in [5.41, 5.74) is 17.4. The van der Waals surface area contributed by atoms with Crippen molar-refractivity contribution in [2.75, 3.05) is 74.5 Å². The summed E-state index contributed by atoms with van der Waals surface area (Å²) in [5, 5.41) is 20.9. The maximum atomic E-state index is 12.6. The molecule has 19 rings (SSSR count). The smallest absolute Gasteiger partial charge is 0.251 e. The average Bonchev–Trinajstić information content (AvgIpc) is 1.59. The van der Waals surface area contributed by atoms with Gasteiger partial charge in [0.2, 0.25) is 17.7 Å². The fraction of sp³-hybridized carbons (Fsp3) is 0.533. The van der Waals surface area contributed by atoms with Gasteiger partial charge in [-0.05, 0) is 251 Å². The van der Waals surface area contributed by atoms with E-state index in [0.717, 1.165) is 117 Å². The van der Waals surface area contributed by atoms with E-state index in [1.807, 2.05) is 68.4 Å². The monoisotopic (exact) mass is 1580 g/mol. The van der Waals surface area contributed by atoms with E-state index in [1.54, 1.807) is 0 Å². The molecule has 111 heavy (non-hydrogen) atoms. The summed E-state index contributed by atoms with van der Waals surface area (Å²) in [6, 6.07) is 38.9. The minimum absolute atomic E-state index is 0.0197. The van der Waals surface area contributed by atoms with Crippen LogP contribution in [0, 0.1) is 23.7 Å². The van der Waals surface area contributed by atoms with Crippen molar-refractivity contribution in [3.05, 3.63) is 174 Å². The maximum Gasteiger partial charge on any atom is 0.251 e. The number of amides is 4. The highest BCUT2D eigenvalue weighted by Crippen LogP contribution is 2.52. The fourth-order valence-electron chi connectivity index (χ4n) is 21.5. The summed E-state index contributed by atoms with van der Waals surface area (Å²) in [6.07, 6.45) is 20.7. The molecule has 4 amide bonds. The summed E-state index contributed by atoms with van der Waals surface area (Å²) in [4.78, 5) is 62.0. The molecule has 5 saturated heterocycles. The molecule has 5 aromatic carbocycles. The summed E-state index contributed by atoms with van der Waals surface area (Å²) < 4.78 is 9.74. The van der Waals surface area contributed by atoms with Crippen LogP contribution in [0.4, 0.5) is 0 Å². The largest absolute Gasteiger partial charge is 0.354 e. The average molecular weight is 1580 g/mol. The number of halogens is 4. The van der Waals surface area contributed by atoms with E-state index in [-0.39, 0.29) is 41.4 Å². The third kappa shape index (κ3) is 15.5. The molecule has 0 spiro atoms. The number of aromatic nitrogens is 4. The molecular formula is C90H113Cl4N13O4. The van der Waals surface area contributed by atoms with E-state index >= 15 is 0 Å². The Balaban J connectivity index is 0.000000112. The van der Waals surface area contributed by atoms with Crippen molar-refractivity contribution in [3.63, 3.8) is 0 Å². The molecule has 1 saturated carbocycles. The number of hydrogen-bond acceptors (Lipinski definition) is 9. The van der Waals surface area contributed by atoms with Crippen molar-refractivity contribution in [3.8, 4) is 0 Å². The van der Waals surface area contributed by atoms with E-state index in [9.17, 15) is 19.2 Å². The molecule has 9 aliphatic heterocycles. The lowest BCUT2D eigenvalue weighted by atomic mass is 9.82. The Kier molecular flexibility index (Phi) is 23.3. The molecule has 590 valence electrons. The Morgan fingerprint density at radius 2 is 0.703 bits per heavy atom. The van der Waals surface area contributed by atoms with E-state index in [1.165, 1.54) is 153 Å². The van der Waals surface area contributed by atoms with Gasteiger partial charge < -0.3 is 44.4 Å². The predicted octanol–water partition coefficient (Wildman–Crippen LogP) is 16.5. The Hall–Kier alpha value is -6.90. The summed E-state index contributed by atoms with van der Waals surface area (Å²) in [6.45, 7) is 14.1. The third-order valence-corrected chi connectivity index (χ3v) is 28.6. The number of nitrogens with one attached hydrogen (secondary N) is 4. The molecule has 9 aromatic rings. The number of benzene rings is 5. The van der Waals surface area contributed by atoms with Crippen molar-refractivity contribution in [1.29, 1.82) is 0 Å². The van der Waals surface area contributed by atoms with Gasteiger partial charge in [-0.1, -0.05) is 85.4 Å². The zero-order valence-corrected chi connectivity index (χ0v) is 69.2. The standard InChI is InChI=1S/C24H32ClN3O.C23H31ClN4O.C23H24ClN3O.C20H26ClN3O/c1-15-3-5-16(6-4-15)24(29)26-11-12-28-20-9-7-17(25)13-19(20)23-21-10-8-18(27(21)2)14-22(23)28;1-26-10-7-15(8-11-26)23(29)25-9-12-28-19-5-3-16(24)13-18(19)22-20-6-4-17(27(20)2)14-21(22)28;1-26-17-8-10-20(26)22-18-13-16(24)7-9-19(18)27(21(22)14-17)12-11-25-23(28)15-5-3-2-4-6-15;1-12(2)20(25)22-8-9-24-16-6-4-13(21)10-15(16)19-17-7-5-14(23(17)3)11-18(19)24/h7,9,13,15-16,18,21H,3-6,8,10-12,14H2,1-2H3,(H,26,29);3,5,13,15,17,20H,4,6-12,14H2,1-2H3,(H,25,29);2-7,9,13,17,20H,8,10-12,14H2,1H3,(H,25,28);4,6,10,12,14,17H,5,7-9,11H2,1-3H3,(H,22,25). The molecule has 0 radical (unpaired) electrons. The molecule has 4 N–H and O–H groups in total. The van der Waals surface area contributed by atoms with Gasteiger partial charge in [-0.2, -0.15) is 0 Å². The molecule has 4 aromatic heterocycles. The van der Waals surface area contributed by atoms with E-state index in [2.05, 4.69) is 155 Å². The summed E-state index contributed by atoms with van der Waals surface area (Å²) in [7, 11) is 11.2. The molecule has 8 unspecified atom stereocenters. The highest BCUT2D eigenvalue weighted by Gasteiger charge is 2.45. The van der Waals surface area contributed by atoms with Gasteiger partial charge in [0.05, 0.1) is 0 Å². The second-order valence-corrected chi connectivity index (χ2v) is 36.1. The normalized spacial score (nSPS) is 24.7. The number of likely N-dealkylation sites (tertiary alicyclic amines) is 1. The Morgan fingerprint density at radius 1 is 0.387 bits per heavy atom. The zero-order chi connectivity index (χ0) is 77.2. The van der Waals surface area contributed by atoms with Crippen LogP contribution in [0.3, 0.4) is 0 Å². The SMILES string of the molecule is CC(C)C(=O)NCCn1c2c(c3cc(Cl)ccc31)C1CCC(C2)N1C.CC1CCC(C(=O)NCCn2c3c(c4cc(Cl)ccc42)C2CCC(C3)N2C)CC1.CN1C2CCC1c1c(n(CCNC(=O)c3ccccc3)c3ccc(Cl)cc13)C2.CN1CCC(C(=O)NCCn2c3c(c4cc(Cl)ccc42)C2CCC(C3)N2C)CC1. The van der Waals surface area contributed by atoms with Crippen LogP contribution in [0.5, 0.6) is 0 Å². The molecule has 10 aliphatic rings. The van der Waals surface area contributed by atoms with Crippen LogP contribution >= 0.6 is 46.4 Å². The highest BCUT2D eigenvalue weighted by atomic mass is 35.5. The van der Waals surface area contributed by atoms with Gasteiger partial charge in [-0.15, -0.1) is 0 Å². The highest BCUT2D eigenvalue weighted by molar-refractivity contribution is 6.32. The van der Waals surface area contributed by atoms with Crippen molar-refractivity contribution in [1.82, 2.24) is 64.0 Å². The number of rotatable bonds is 16. The molecule has 13 heterocycles. The first-order valence-electron chi connectivity index (χ1n) is 41.6. The van der Waals surface area contributed by atoms with E-state index in [4.69, 9.17) is 46.4 Å². The van der Waals surface area contributed by atoms with Crippen molar-refractivity contribution >= 4 is 114 Å². The predicted molar refractivity (Wildman–Crippen MR) is 451 cm³/mol. The van der Waals surface area contributed by atoms with E-state index < -0.39 is 0 Å². The van der Waals surface area contributed by atoms with Gasteiger partial charge >= 0.3 is 0 Å². The number of carbonyl (C=O) groups excluding carboxylic acids is 4. The Labute approximate surface area is 675 Å². The van der Waals surface area contributed by atoms with Gasteiger partial charge in [0, 0.05) is 236 Å². The zero-order valence-electron chi connectivity index (χ0n) is 66.2. The maximum absolute atomic E-state index is 12.6. The number of hydrogen-bond donors (Lipinski definition) is 4. The first-order chi connectivity index (χ1) is 53.7. The molecular weight excluding hydrogens is 1470 g/mol. The molecule has 21 heteroatoms. The Bertz CT molecular complexity index is 4800. The molecule has 6 fully saturated rings. The number of fused-ring (bicyclic) bond motifs is 24. The summed E-state index contributed by atoms with van der Waals surface area (Å²) in [5.74, 6) is 1.77. The molecule has 1 aliphatic carbocycles. The number of nitrogens with zero attached hydrogens (tertiary/aromatic N) is 9. The second kappa shape index (κ2) is 33.1. The van der Waals surface area contributed by atoms with Gasteiger partial charge in [0.15, 0.2) is 0 Å². The molecule has 8 atom stereocenters. The van der Waals surface area contributed by atoms with Gasteiger partial charge in [0.25, 0.3) is 5.91 Å². The number of likely N-dealkylation sites (N-methyl/N-ethyl adjacent to an activating group) is 4. The van der Waals surface area contributed by atoms with Crippen LogP contribution in [0.25, 0.3) is 43.6 Å². The first-order valence-corrected chi connectivity index (χ1v) is 43.1. The summed E-state index contributed by atoms with van der Waals surface area (Å²) >= 11 is 25.4. The van der Waals surface area contributed by atoms with E-state index in [0.29, 0.717) is 80.1 Å². The fourth-order valence-corrected chi connectivity index (χ4v) is 22.1. The van der Waals surface area contributed by atoms with Crippen molar-refractivity contribution < 1.29 is 19.2 Å². The number of carbonyl (C=O) groups is 4. The van der Waals surface area contributed by atoms with Crippen LogP contribution in [-0.2, 0) is 66.2 Å². The Morgan fingerprint density at radius 3 is 1.04 bits per heavy atom. The lowest BCUT2D eigenvalue weighted by Crippen LogP contribution is -2.40. The molecule has 17 nitrogen and oxygen atoms in total. The number of piperidine rings is 1. The van der Waals surface area contributed by atoms with Crippen LogP contribution < -0.4 is 21.3 Å². The lowest BCUT2D eigenvalue weighted by Gasteiger charge is -2.32. The van der Waals surface area contributed by atoms with Crippen molar-refractivity contribution in [2.45, 2.75) is 211 Å². The topological polar surface area (TPSA) is 152 Å². The van der Waals surface area contributed by atoms with Crippen LogP contribution in [0.1, 0.15) is 190 Å². The molecule has 8 bridgehead atoms.